The maximum absolute atomic E-state index is 8.33. The van der Waals surface area contributed by atoms with Gasteiger partial charge in [-0.3, -0.25) is 0 Å². The second-order valence-electron chi connectivity index (χ2n) is 1.50. The predicted molar refractivity (Wildman–Crippen MR) is 31.4 cm³/mol. The second kappa shape index (κ2) is 22.5. The fourth-order valence-corrected chi connectivity index (χ4v) is 0. The van der Waals surface area contributed by atoms with Gasteiger partial charge in [0.2, 0.25) is 0 Å². The summed E-state index contributed by atoms with van der Waals surface area (Å²) >= 11 is 0. The summed E-state index contributed by atoms with van der Waals surface area (Å²) in [5.74, 6) is 0. The van der Waals surface area contributed by atoms with Crippen molar-refractivity contribution in [3.05, 3.63) is 0 Å². The van der Waals surface area contributed by atoms with Crippen LogP contribution in [0.25, 0.3) is 0 Å². The van der Waals surface area contributed by atoms with E-state index < -0.39 is 12.3 Å². The van der Waals surface area contributed by atoms with Gasteiger partial charge in [-0.15, -0.1) is 0 Å². The summed E-state index contributed by atoms with van der Waals surface area (Å²) in [5.41, 5.74) is 0. The van der Waals surface area contributed by atoms with Crippen LogP contribution in [-0.2, 0) is 0 Å². The Balaban J connectivity index is -0.0000000450. The van der Waals surface area contributed by atoms with Crippen molar-refractivity contribution in [3.8, 4) is 0 Å². The van der Waals surface area contributed by atoms with Crippen LogP contribution >= 0.6 is 0 Å². The third-order valence-corrected chi connectivity index (χ3v) is 0.500. The zero-order chi connectivity index (χ0) is 10.6. The zero-order valence-electron chi connectivity index (χ0n) is 7.27. The van der Waals surface area contributed by atoms with Gasteiger partial charge >= 0.3 is 29.2 Å². The van der Waals surface area contributed by atoms with Crippen LogP contribution in [-0.4, -0.2) is 12.3 Å². The van der Waals surface area contributed by atoms with Gasteiger partial charge in [0.05, 0.1) is 0 Å². The molecule has 0 fully saturated rings. The van der Waals surface area contributed by atoms with E-state index in [-0.39, 0.29) is 29.2 Å². The molecule has 0 bridgehead atoms. The molecule has 0 saturated heterocycles. The average molecular weight is 422 g/mol. The third-order valence-electron chi connectivity index (χ3n) is 0.500. The maximum atomic E-state index is 8.33. The van der Waals surface area contributed by atoms with Crippen LogP contribution in [0.3, 0.4) is 0 Å². The summed E-state index contributed by atoms with van der Waals surface area (Å²) in [7, 11) is 0. The predicted octanol–water partition coefficient (Wildman–Crippen LogP) is -3.09. The second-order valence-corrected chi connectivity index (χ2v) is 1.50. The first-order valence-corrected chi connectivity index (χ1v) is 3.14. The van der Waals surface area contributed by atoms with Crippen molar-refractivity contribution < 1.29 is 59.2 Å². The number of carbonyl (C=O) groups is 2. The summed E-state index contributed by atoms with van der Waals surface area (Å²) in [4.78, 5) is 16.7. The minimum Gasteiger partial charge on any atom is -0.652 e. The Morgan fingerprint density at radius 3 is 0.923 bits per heavy atom. The fourth-order valence-electron chi connectivity index (χ4n) is 0. The van der Waals surface area contributed by atoms with Crippen LogP contribution in [0.2, 0.25) is 0 Å². The summed E-state index contributed by atoms with van der Waals surface area (Å²) < 4.78 is 0. The van der Waals surface area contributed by atoms with E-state index in [0.717, 1.165) is 0 Å². The molecule has 6 nitrogen and oxygen atoms in total. The normalized spacial score (nSPS) is 6.00. The quantitative estimate of drug-likeness (QED) is 0.441. The Hall–Kier alpha value is -0.473. The van der Waals surface area contributed by atoms with Crippen LogP contribution in [0, 0.1) is 29.2 Å². The molecule has 0 aromatic heterocycles. The number of rotatable bonds is 1. The summed E-state index contributed by atoms with van der Waals surface area (Å²) in [6.07, 6.45) is -2.03. The van der Waals surface area contributed by atoms with Gasteiger partial charge in [0, 0.05) is 0 Å². The smallest absolute Gasteiger partial charge is 0.652 e. The van der Waals surface area contributed by atoms with Crippen LogP contribution in [0.15, 0.2) is 0 Å². The van der Waals surface area contributed by atoms with E-state index in [1.54, 1.807) is 0 Å². The van der Waals surface area contributed by atoms with Crippen molar-refractivity contribution in [3.63, 3.8) is 0 Å². The number of carboxylic acid groups (broad SMARTS) is 4. The molecule has 0 aromatic carbocycles. The molecule has 0 N–H and O–H groups in total. The van der Waals surface area contributed by atoms with E-state index in [1.165, 1.54) is 12.8 Å². The molecule has 7 heteroatoms. The standard InChI is InChI=1S/C4H10.2CH2O3.Pu/c1-3-4-2;2*2-1(3)4;/h3-4H2,1-2H3;2*(H2,2,3,4);/q;;;+4/p-4. The molecule has 0 saturated carbocycles. The molecule has 0 unspecified atom stereocenters. The number of unbranched alkanes of at least 4 members (excludes halogenated alkanes) is 1. The molecule has 76 valence electrons. The monoisotopic (exact) mass is 416 g/mol. The van der Waals surface area contributed by atoms with Gasteiger partial charge < -0.3 is 30.0 Å². The summed E-state index contributed by atoms with van der Waals surface area (Å²) in [6, 6.07) is 0. The summed E-state index contributed by atoms with van der Waals surface area (Å²) in [5, 5.41) is 33.3. The van der Waals surface area contributed by atoms with Crippen molar-refractivity contribution in [2.45, 2.75) is 26.7 Å². The van der Waals surface area contributed by atoms with Crippen LogP contribution < -0.4 is 20.4 Å². The van der Waals surface area contributed by atoms with Gasteiger partial charge in [-0.2, -0.15) is 0 Å². The Bertz CT molecular complexity index is 93.7. The molecule has 0 aliphatic heterocycles. The topological polar surface area (TPSA) is 126 Å². The first-order valence-electron chi connectivity index (χ1n) is 3.14. The molecule has 0 aromatic rings. The van der Waals surface area contributed by atoms with Gasteiger partial charge in [0.25, 0.3) is 0 Å². The Labute approximate surface area is 98.1 Å². The van der Waals surface area contributed by atoms with Crippen molar-refractivity contribution in [2.24, 2.45) is 0 Å². The molecule has 0 radical (unpaired) electrons. The largest absolute Gasteiger partial charge is 4.00 e. The van der Waals surface area contributed by atoms with Gasteiger partial charge in [-0.25, -0.2) is 0 Å². The Morgan fingerprint density at radius 1 is 0.846 bits per heavy atom. The molecule has 0 heterocycles. The van der Waals surface area contributed by atoms with E-state index in [9.17, 15) is 0 Å². The molecule has 0 aliphatic carbocycles. The minimum absolute atomic E-state index is 0. The van der Waals surface area contributed by atoms with E-state index in [1.807, 2.05) is 0 Å². The molecule has 0 amide bonds. The summed E-state index contributed by atoms with van der Waals surface area (Å²) in [6.45, 7) is 4.36. The first kappa shape index (κ1) is 22.9. The zero-order valence-corrected chi connectivity index (χ0v) is 10.7. The van der Waals surface area contributed by atoms with E-state index in [2.05, 4.69) is 13.8 Å². The van der Waals surface area contributed by atoms with Crippen LogP contribution in [0.1, 0.15) is 26.7 Å². The van der Waals surface area contributed by atoms with Gasteiger partial charge in [-0.05, 0) is 12.3 Å². The van der Waals surface area contributed by atoms with Gasteiger partial charge in [0.15, 0.2) is 0 Å². The van der Waals surface area contributed by atoms with Crippen molar-refractivity contribution in [2.75, 3.05) is 0 Å². The van der Waals surface area contributed by atoms with E-state index >= 15 is 0 Å². The molecule has 13 heavy (non-hydrogen) atoms. The molecule has 0 rings (SSSR count). The Kier molecular flexibility index (Phi) is 39.7. The molecule has 0 aliphatic rings. The first-order chi connectivity index (χ1) is 5.38. The van der Waals surface area contributed by atoms with Crippen molar-refractivity contribution in [1.29, 1.82) is 0 Å². The number of carbonyl (C=O) groups excluding carboxylic acids is 2. The van der Waals surface area contributed by atoms with Crippen molar-refractivity contribution in [1.82, 2.24) is 0 Å². The van der Waals surface area contributed by atoms with Gasteiger partial charge in [0.1, 0.15) is 0 Å². The third kappa shape index (κ3) is 3770. The number of hydrogen-bond donors (Lipinski definition) is 0. The fraction of sp³-hybridized carbons (Fsp3) is 0.667. The maximum Gasteiger partial charge on any atom is 4.00 e. The molecular weight excluding hydrogens is 412 g/mol. The molecule has 0 spiro atoms. The van der Waals surface area contributed by atoms with E-state index in [4.69, 9.17) is 30.0 Å². The Morgan fingerprint density at radius 2 is 0.923 bits per heavy atom. The number of hydrogen-bond acceptors (Lipinski definition) is 6. The van der Waals surface area contributed by atoms with E-state index in [0.29, 0.717) is 0 Å². The van der Waals surface area contributed by atoms with Gasteiger partial charge in [-0.1, -0.05) is 26.7 Å². The van der Waals surface area contributed by atoms with Crippen LogP contribution in [0.5, 0.6) is 0 Å². The SMILES string of the molecule is CCCC.O=C([O-])[O-].O=C([O-])[O-].[Pu+4]. The van der Waals surface area contributed by atoms with Crippen LogP contribution in [0.4, 0.5) is 9.59 Å². The molecular formula is C6H10O6Pu. The minimum atomic E-state index is -2.33. The average Bonchev–Trinajstić information content (AvgIpc) is 1.85. The molecule has 0 atom stereocenters. The van der Waals surface area contributed by atoms with Crippen molar-refractivity contribution >= 4 is 12.3 Å².